The molecule has 0 saturated heterocycles. The highest BCUT2D eigenvalue weighted by Gasteiger charge is 2.21. The van der Waals surface area contributed by atoms with Gasteiger partial charge in [0.2, 0.25) is 0 Å². The van der Waals surface area contributed by atoms with Crippen molar-refractivity contribution in [1.29, 1.82) is 0 Å². The molecule has 0 fully saturated rings. The van der Waals surface area contributed by atoms with Crippen LogP contribution < -0.4 is 16.0 Å². The number of hydrogen-bond acceptors (Lipinski definition) is 5. The first-order chi connectivity index (χ1) is 15.1. The molecule has 1 heterocycles. The second-order valence-electron chi connectivity index (χ2n) is 8.90. The van der Waals surface area contributed by atoms with Crippen molar-refractivity contribution in [2.75, 3.05) is 13.1 Å². The van der Waals surface area contributed by atoms with Crippen molar-refractivity contribution in [3.63, 3.8) is 0 Å². The maximum atomic E-state index is 12.5. The van der Waals surface area contributed by atoms with Crippen molar-refractivity contribution < 1.29 is 9.53 Å². The van der Waals surface area contributed by atoms with Gasteiger partial charge in [-0.2, -0.15) is 5.10 Å². The standard InChI is InChI=1S/C23H37N7O2.HI/c1-8-24-21(26-14-20-27-15-28-30(20)7)25-13-19(29-22(31)32-23(4,5)6)18-11-9-17(10-12-18)16(2)3;/h9-12,15-16,19H,8,13-14H2,1-7H3,(H,29,31)(H2,24,25,26);1H. The number of amides is 1. The molecular weight excluding hydrogens is 533 g/mol. The summed E-state index contributed by atoms with van der Waals surface area (Å²) in [4.78, 5) is 21.3. The van der Waals surface area contributed by atoms with Crippen LogP contribution in [0, 0.1) is 0 Å². The molecule has 0 saturated carbocycles. The molecule has 1 atom stereocenters. The molecular formula is C23H38IN7O2. The lowest BCUT2D eigenvalue weighted by Crippen LogP contribution is -2.44. The van der Waals surface area contributed by atoms with Crippen LogP contribution in [0.25, 0.3) is 0 Å². The number of carbonyl (C=O) groups is 1. The van der Waals surface area contributed by atoms with E-state index in [1.54, 1.807) is 4.68 Å². The number of nitrogens with one attached hydrogen (secondary N) is 3. The number of nitrogens with zero attached hydrogens (tertiary/aromatic N) is 4. The van der Waals surface area contributed by atoms with Gasteiger partial charge in [-0.3, -0.25) is 4.68 Å². The van der Waals surface area contributed by atoms with Crippen LogP contribution in [0.1, 0.15) is 70.5 Å². The molecule has 0 spiro atoms. The first-order valence-corrected chi connectivity index (χ1v) is 11.0. The molecule has 1 aromatic heterocycles. The van der Waals surface area contributed by atoms with Crippen molar-refractivity contribution in [1.82, 2.24) is 30.7 Å². The van der Waals surface area contributed by atoms with E-state index in [1.165, 1.54) is 11.9 Å². The first-order valence-electron chi connectivity index (χ1n) is 11.0. The molecule has 33 heavy (non-hydrogen) atoms. The monoisotopic (exact) mass is 571 g/mol. The van der Waals surface area contributed by atoms with Crippen LogP contribution in [-0.4, -0.2) is 45.5 Å². The van der Waals surface area contributed by atoms with Gasteiger partial charge >= 0.3 is 6.09 Å². The molecule has 184 valence electrons. The van der Waals surface area contributed by atoms with Crippen molar-refractivity contribution in [3.05, 3.63) is 47.5 Å². The SMILES string of the molecule is CCNC(=NCc1ncnn1C)NCC(NC(=O)OC(C)(C)C)c1ccc(C(C)C)cc1.I. The summed E-state index contributed by atoms with van der Waals surface area (Å²) < 4.78 is 7.16. The summed E-state index contributed by atoms with van der Waals surface area (Å²) in [5.41, 5.74) is 1.66. The fourth-order valence-corrected chi connectivity index (χ4v) is 2.97. The molecule has 0 aliphatic rings. The van der Waals surface area contributed by atoms with Crippen LogP contribution >= 0.6 is 24.0 Å². The van der Waals surface area contributed by atoms with Gasteiger partial charge in [0.15, 0.2) is 5.96 Å². The molecule has 9 nitrogen and oxygen atoms in total. The van der Waals surface area contributed by atoms with Crippen molar-refractivity contribution in [2.45, 2.75) is 65.6 Å². The van der Waals surface area contributed by atoms with Gasteiger partial charge in [-0.05, 0) is 44.7 Å². The molecule has 2 aromatic rings. The minimum Gasteiger partial charge on any atom is -0.444 e. The maximum Gasteiger partial charge on any atom is 0.408 e. The Bertz CT molecular complexity index is 889. The number of ether oxygens (including phenoxy) is 1. The number of hydrogen-bond donors (Lipinski definition) is 3. The number of guanidine groups is 1. The normalized spacial score (nSPS) is 12.7. The van der Waals surface area contributed by atoms with Crippen LogP contribution in [0.2, 0.25) is 0 Å². The smallest absolute Gasteiger partial charge is 0.408 e. The lowest BCUT2D eigenvalue weighted by Gasteiger charge is -2.25. The van der Waals surface area contributed by atoms with E-state index in [0.29, 0.717) is 31.5 Å². The van der Waals surface area contributed by atoms with E-state index in [2.05, 4.69) is 57.0 Å². The first kappa shape index (κ1) is 28.7. The lowest BCUT2D eigenvalue weighted by atomic mass is 9.99. The zero-order valence-electron chi connectivity index (χ0n) is 20.7. The van der Waals surface area contributed by atoms with Gasteiger partial charge in [-0.1, -0.05) is 38.1 Å². The largest absolute Gasteiger partial charge is 0.444 e. The molecule has 1 unspecified atom stereocenters. The van der Waals surface area contributed by atoms with Gasteiger partial charge in [0.1, 0.15) is 24.3 Å². The summed E-state index contributed by atoms with van der Waals surface area (Å²) in [6.45, 7) is 13.4. The molecule has 1 aromatic carbocycles. The van der Waals surface area contributed by atoms with E-state index in [1.807, 2.05) is 46.9 Å². The highest BCUT2D eigenvalue weighted by molar-refractivity contribution is 14.0. The molecule has 2 rings (SSSR count). The molecule has 0 radical (unpaired) electrons. The second-order valence-corrected chi connectivity index (χ2v) is 8.90. The Morgan fingerprint density at radius 3 is 2.30 bits per heavy atom. The lowest BCUT2D eigenvalue weighted by molar-refractivity contribution is 0.0504. The summed E-state index contributed by atoms with van der Waals surface area (Å²) in [6, 6.07) is 7.98. The van der Waals surface area contributed by atoms with Crippen LogP contribution in [0.4, 0.5) is 4.79 Å². The van der Waals surface area contributed by atoms with Gasteiger partial charge in [-0.15, -0.1) is 24.0 Å². The van der Waals surface area contributed by atoms with Crippen molar-refractivity contribution in [2.24, 2.45) is 12.0 Å². The zero-order chi connectivity index (χ0) is 23.7. The average molecular weight is 572 g/mol. The Morgan fingerprint density at radius 1 is 1.15 bits per heavy atom. The van der Waals surface area contributed by atoms with Gasteiger partial charge in [0, 0.05) is 20.1 Å². The molecule has 0 bridgehead atoms. The number of aryl methyl sites for hydroxylation is 1. The quantitative estimate of drug-likeness (QED) is 0.253. The molecule has 10 heteroatoms. The van der Waals surface area contributed by atoms with Crippen LogP contribution in [0.5, 0.6) is 0 Å². The minimum atomic E-state index is -0.573. The number of benzene rings is 1. The second kappa shape index (κ2) is 13.4. The van der Waals surface area contributed by atoms with Gasteiger partial charge in [0.05, 0.1) is 6.04 Å². The minimum absolute atomic E-state index is 0. The number of rotatable bonds is 8. The van der Waals surface area contributed by atoms with Gasteiger partial charge in [0.25, 0.3) is 0 Å². The summed E-state index contributed by atoms with van der Waals surface area (Å²) in [7, 11) is 1.83. The third kappa shape index (κ3) is 9.97. The van der Waals surface area contributed by atoms with Crippen LogP contribution in [0.15, 0.2) is 35.6 Å². The van der Waals surface area contributed by atoms with Crippen molar-refractivity contribution in [3.8, 4) is 0 Å². The molecule has 0 aliphatic carbocycles. The highest BCUT2D eigenvalue weighted by Crippen LogP contribution is 2.19. The Morgan fingerprint density at radius 2 is 1.79 bits per heavy atom. The summed E-state index contributed by atoms with van der Waals surface area (Å²) in [6.07, 6.45) is 1.05. The van der Waals surface area contributed by atoms with E-state index in [-0.39, 0.29) is 30.0 Å². The Balaban J connectivity index is 0.00000544. The zero-order valence-corrected chi connectivity index (χ0v) is 23.0. The fraction of sp³-hybridized carbons (Fsp3) is 0.565. The highest BCUT2D eigenvalue weighted by atomic mass is 127. The van der Waals surface area contributed by atoms with E-state index in [4.69, 9.17) is 4.74 Å². The Kier molecular flexibility index (Phi) is 11.6. The Hall–Kier alpha value is -2.37. The van der Waals surface area contributed by atoms with Crippen LogP contribution in [0.3, 0.4) is 0 Å². The molecule has 1 amide bonds. The number of aromatic nitrogens is 3. The van der Waals surface area contributed by atoms with E-state index in [0.717, 1.165) is 11.4 Å². The number of alkyl carbamates (subject to hydrolysis) is 1. The van der Waals surface area contributed by atoms with E-state index < -0.39 is 11.7 Å². The van der Waals surface area contributed by atoms with Crippen LogP contribution in [-0.2, 0) is 18.3 Å². The molecule has 0 aliphatic heterocycles. The van der Waals surface area contributed by atoms with E-state index >= 15 is 0 Å². The predicted molar refractivity (Wildman–Crippen MR) is 142 cm³/mol. The summed E-state index contributed by atoms with van der Waals surface area (Å²) >= 11 is 0. The molecule has 3 N–H and O–H groups in total. The van der Waals surface area contributed by atoms with Gasteiger partial charge < -0.3 is 20.7 Å². The third-order valence-corrected chi connectivity index (χ3v) is 4.70. The van der Waals surface area contributed by atoms with Gasteiger partial charge in [-0.25, -0.2) is 14.8 Å². The summed E-state index contributed by atoms with van der Waals surface area (Å²) in [5, 5.41) is 13.6. The van der Waals surface area contributed by atoms with Crippen molar-refractivity contribution >= 4 is 36.0 Å². The summed E-state index contributed by atoms with van der Waals surface area (Å²) in [5.74, 6) is 1.83. The topological polar surface area (TPSA) is 105 Å². The fourth-order valence-electron chi connectivity index (χ4n) is 2.97. The Labute approximate surface area is 214 Å². The maximum absolute atomic E-state index is 12.5. The number of carbonyl (C=O) groups excluding carboxylic acids is 1. The number of halogens is 1. The average Bonchev–Trinajstić information content (AvgIpc) is 3.12. The third-order valence-electron chi connectivity index (χ3n) is 4.70. The number of aliphatic imine (C=N–C) groups is 1. The van der Waals surface area contributed by atoms with E-state index in [9.17, 15) is 4.79 Å². The predicted octanol–water partition coefficient (Wildman–Crippen LogP) is 3.88.